The fourth-order valence-corrected chi connectivity index (χ4v) is 2.29. The third kappa shape index (κ3) is 5.70. The van der Waals surface area contributed by atoms with Crippen LogP contribution in [0.15, 0.2) is 53.0 Å². The third-order valence-electron chi connectivity index (χ3n) is 3.60. The Kier molecular flexibility index (Phi) is 6.05. The lowest BCUT2D eigenvalue weighted by Crippen LogP contribution is -2.37. The highest BCUT2D eigenvalue weighted by molar-refractivity contribution is 5.86. The SMILES string of the molecule is C=C(C)CCN(C(=O)OC(C)(C)C)c1ccc(-c2ccc([N+](=O)[O-])cc2)o1. The van der Waals surface area contributed by atoms with E-state index >= 15 is 0 Å². The van der Waals surface area contributed by atoms with E-state index in [2.05, 4.69) is 6.58 Å². The highest BCUT2D eigenvalue weighted by atomic mass is 16.6. The average Bonchev–Trinajstić information content (AvgIpc) is 3.03. The van der Waals surface area contributed by atoms with Crippen molar-refractivity contribution in [2.75, 3.05) is 11.4 Å². The summed E-state index contributed by atoms with van der Waals surface area (Å²) < 4.78 is 11.3. The van der Waals surface area contributed by atoms with Crippen LogP contribution in [0.2, 0.25) is 0 Å². The van der Waals surface area contributed by atoms with Crippen LogP contribution in [0, 0.1) is 10.1 Å². The molecular formula is C20H24N2O5. The van der Waals surface area contributed by atoms with Gasteiger partial charge in [0.1, 0.15) is 11.4 Å². The second-order valence-corrected chi connectivity index (χ2v) is 7.28. The minimum absolute atomic E-state index is 0.00219. The van der Waals surface area contributed by atoms with Crippen LogP contribution in [-0.4, -0.2) is 23.2 Å². The first-order valence-electron chi connectivity index (χ1n) is 8.56. The first-order chi connectivity index (χ1) is 12.6. The number of non-ortho nitro benzene ring substituents is 1. The first-order valence-corrected chi connectivity index (χ1v) is 8.56. The molecule has 1 heterocycles. The van der Waals surface area contributed by atoms with Crippen LogP contribution in [0.3, 0.4) is 0 Å². The molecule has 0 radical (unpaired) electrons. The topological polar surface area (TPSA) is 85.8 Å². The zero-order chi connectivity index (χ0) is 20.2. The molecule has 1 aromatic carbocycles. The second-order valence-electron chi connectivity index (χ2n) is 7.28. The fraction of sp³-hybridized carbons (Fsp3) is 0.350. The maximum Gasteiger partial charge on any atom is 0.417 e. The van der Waals surface area contributed by atoms with Crippen LogP contribution in [0.5, 0.6) is 0 Å². The van der Waals surface area contributed by atoms with E-state index in [1.807, 2.05) is 6.92 Å². The first kappa shape index (κ1) is 20.2. The maximum absolute atomic E-state index is 12.6. The average molecular weight is 372 g/mol. The van der Waals surface area contributed by atoms with Gasteiger partial charge in [-0.2, -0.15) is 0 Å². The molecule has 0 N–H and O–H groups in total. The number of ether oxygens (including phenoxy) is 1. The van der Waals surface area contributed by atoms with Crippen LogP contribution in [-0.2, 0) is 4.74 Å². The summed E-state index contributed by atoms with van der Waals surface area (Å²) in [6.45, 7) is 11.5. The van der Waals surface area contributed by atoms with Gasteiger partial charge < -0.3 is 9.15 Å². The number of nitro benzene ring substituents is 1. The molecule has 0 aliphatic heterocycles. The molecule has 0 atom stereocenters. The van der Waals surface area contributed by atoms with Gasteiger partial charge in [-0.05, 0) is 52.3 Å². The lowest BCUT2D eigenvalue weighted by atomic mass is 10.1. The van der Waals surface area contributed by atoms with Gasteiger partial charge >= 0.3 is 6.09 Å². The normalized spacial score (nSPS) is 11.1. The van der Waals surface area contributed by atoms with Crippen molar-refractivity contribution < 1.29 is 18.9 Å². The van der Waals surface area contributed by atoms with Crippen molar-refractivity contribution >= 4 is 17.7 Å². The zero-order valence-corrected chi connectivity index (χ0v) is 16.0. The predicted molar refractivity (Wildman–Crippen MR) is 104 cm³/mol. The van der Waals surface area contributed by atoms with Gasteiger partial charge in [0, 0.05) is 30.3 Å². The number of carbonyl (C=O) groups excluding carboxylic acids is 1. The molecule has 1 amide bonds. The number of nitro groups is 1. The largest absolute Gasteiger partial charge is 0.443 e. The standard InChI is InChI=1S/C20H24N2O5/c1-14(2)12-13-21(19(23)27-20(3,4)5)18-11-10-17(26-18)15-6-8-16(9-7-15)22(24)25/h6-11H,1,12-13H2,2-5H3. The van der Waals surface area contributed by atoms with Crippen LogP contribution in [0.4, 0.5) is 16.4 Å². The summed E-state index contributed by atoms with van der Waals surface area (Å²) >= 11 is 0. The zero-order valence-electron chi connectivity index (χ0n) is 16.0. The molecule has 0 spiro atoms. The smallest absolute Gasteiger partial charge is 0.417 e. The lowest BCUT2D eigenvalue weighted by molar-refractivity contribution is -0.384. The van der Waals surface area contributed by atoms with Gasteiger partial charge in [-0.1, -0.05) is 5.57 Å². The van der Waals surface area contributed by atoms with Crippen molar-refractivity contribution in [3.8, 4) is 11.3 Å². The van der Waals surface area contributed by atoms with Crippen molar-refractivity contribution in [3.05, 3.63) is 58.7 Å². The number of benzene rings is 1. The van der Waals surface area contributed by atoms with Crippen molar-refractivity contribution in [1.82, 2.24) is 0 Å². The van der Waals surface area contributed by atoms with Crippen LogP contribution >= 0.6 is 0 Å². The third-order valence-corrected chi connectivity index (χ3v) is 3.60. The van der Waals surface area contributed by atoms with Gasteiger partial charge in [0.25, 0.3) is 5.69 Å². The Morgan fingerprint density at radius 1 is 1.22 bits per heavy atom. The molecule has 0 unspecified atom stereocenters. The molecule has 0 aliphatic carbocycles. The van der Waals surface area contributed by atoms with E-state index in [0.29, 0.717) is 30.2 Å². The number of amides is 1. The monoisotopic (exact) mass is 372 g/mol. The molecule has 2 aromatic rings. The summed E-state index contributed by atoms with van der Waals surface area (Å²) in [5, 5.41) is 10.8. The molecule has 27 heavy (non-hydrogen) atoms. The summed E-state index contributed by atoms with van der Waals surface area (Å²) in [7, 11) is 0. The van der Waals surface area contributed by atoms with Crippen molar-refractivity contribution in [2.24, 2.45) is 0 Å². The minimum atomic E-state index is -0.633. The number of hydrogen-bond acceptors (Lipinski definition) is 5. The quantitative estimate of drug-likeness (QED) is 0.376. The lowest BCUT2D eigenvalue weighted by Gasteiger charge is -2.26. The predicted octanol–water partition coefficient (Wildman–Crippen LogP) is 5.56. The number of rotatable bonds is 6. The molecule has 0 bridgehead atoms. The van der Waals surface area contributed by atoms with Crippen molar-refractivity contribution in [2.45, 2.75) is 39.7 Å². The number of hydrogen-bond donors (Lipinski definition) is 0. The van der Waals surface area contributed by atoms with E-state index < -0.39 is 16.6 Å². The summed E-state index contributed by atoms with van der Waals surface area (Å²) in [5.41, 5.74) is 0.982. The van der Waals surface area contributed by atoms with Gasteiger partial charge in [0.2, 0.25) is 5.88 Å². The van der Waals surface area contributed by atoms with Gasteiger partial charge in [0.05, 0.1) is 4.92 Å². The Labute approximate surface area is 158 Å². The summed E-state index contributed by atoms with van der Waals surface area (Å²) in [5.74, 6) is 0.850. The molecule has 7 nitrogen and oxygen atoms in total. The van der Waals surface area contributed by atoms with E-state index in [4.69, 9.17) is 9.15 Å². The van der Waals surface area contributed by atoms with E-state index in [1.165, 1.54) is 17.0 Å². The number of anilines is 1. The van der Waals surface area contributed by atoms with Crippen LogP contribution in [0.1, 0.15) is 34.1 Å². The minimum Gasteiger partial charge on any atom is -0.443 e. The second kappa shape index (κ2) is 8.07. The van der Waals surface area contributed by atoms with E-state index in [-0.39, 0.29) is 5.69 Å². The van der Waals surface area contributed by atoms with Crippen molar-refractivity contribution in [3.63, 3.8) is 0 Å². The number of carbonyl (C=O) groups is 1. The Hall–Kier alpha value is -3.09. The van der Waals surface area contributed by atoms with Gasteiger partial charge in [-0.25, -0.2) is 9.69 Å². The van der Waals surface area contributed by atoms with Gasteiger partial charge in [-0.15, -0.1) is 6.58 Å². The van der Waals surface area contributed by atoms with E-state index in [9.17, 15) is 14.9 Å². The Bertz CT molecular complexity index is 831. The fourth-order valence-electron chi connectivity index (χ4n) is 2.29. The maximum atomic E-state index is 12.6. The molecule has 0 saturated heterocycles. The van der Waals surface area contributed by atoms with Crippen LogP contribution in [0.25, 0.3) is 11.3 Å². The molecule has 0 saturated carbocycles. The highest BCUT2D eigenvalue weighted by Gasteiger charge is 2.25. The molecule has 0 aliphatic rings. The van der Waals surface area contributed by atoms with E-state index in [0.717, 1.165) is 5.57 Å². The molecule has 1 aromatic heterocycles. The summed E-state index contributed by atoms with van der Waals surface area (Å²) in [6, 6.07) is 9.42. The Morgan fingerprint density at radius 2 is 1.85 bits per heavy atom. The van der Waals surface area contributed by atoms with Gasteiger partial charge in [-0.3, -0.25) is 10.1 Å². The molecular weight excluding hydrogens is 348 g/mol. The molecule has 7 heteroatoms. The Morgan fingerprint density at radius 3 is 2.37 bits per heavy atom. The van der Waals surface area contributed by atoms with Crippen LogP contribution < -0.4 is 4.90 Å². The molecule has 2 rings (SSSR count). The van der Waals surface area contributed by atoms with E-state index in [1.54, 1.807) is 45.0 Å². The number of furan rings is 1. The summed E-state index contributed by atoms with van der Waals surface area (Å²) in [4.78, 5) is 24.3. The summed E-state index contributed by atoms with van der Waals surface area (Å²) in [6.07, 6.45) is 0.0978. The molecule has 144 valence electrons. The number of nitrogens with zero attached hydrogens (tertiary/aromatic N) is 2. The van der Waals surface area contributed by atoms with Crippen molar-refractivity contribution in [1.29, 1.82) is 0 Å². The molecule has 0 fully saturated rings. The highest BCUT2D eigenvalue weighted by Crippen LogP contribution is 2.29. The van der Waals surface area contributed by atoms with Gasteiger partial charge in [0.15, 0.2) is 0 Å². The Balaban J connectivity index is 2.27.